The van der Waals surface area contributed by atoms with E-state index in [1.54, 1.807) is 48.5 Å². The minimum atomic E-state index is -1.25. The lowest BCUT2D eigenvalue weighted by atomic mass is 9.96. The van der Waals surface area contributed by atoms with Gasteiger partial charge in [0, 0.05) is 5.56 Å². The van der Waals surface area contributed by atoms with E-state index in [1.165, 1.54) is 7.11 Å². The number of carbonyl (C=O) groups excluding carboxylic acids is 1. The molecule has 0 aliphatic rings. The molecule has 0 aliphatic heterocycles. The molecule has 0 fully saturated rings. The summed E-state index contributed by atoms with van der Waals surface area (Å²) in [6.45, 7) is 0. The number of nitrogens with one attached hydrogen (secondary N) is 1. The standard InChI is InChI=1S/C18H15NO5/c1-23-18(20)16-14(12-8-4-2-5-9-12)15(17(24-16)19(21)22)13-10-6-3-7-11-13/h2-11,19,21H,1H3. The third-order valence-electron chi connectivity index (χ3n) is 3.60. The molecule has 0 spiro atoms. The van der Waals surface area contributed by atoms with E-state index in [9.17, 15) is 15.2 Å². The Bertz CT molecular complexity index is 841. The lowest BCUT2D eigenvalue weighted by molar-refractivity contribution is -0.997. The Morgan fingerprint density at radius 3 is 1.96 bits per heavy atom. The van der Waals surface area contributed by atoms with Crippen molar-refractivity contribution in [1.29, 1.82) is 0 Å². The first-order chi connectivity index (χ1) is 11.6. The smallest absolute Gasteiger partial charge is 0.374 e. The lowest BCUT2D eigenvalue weighted by Gasteiger charge is -2.11. The fourth-order valence-corrected chi connectivity index (χ4v) is 2.58. The van der Waals surface area contributed by atoms with Gasteiger partial charge in [0.05, 0.1) is 12.7 Å². The van der Waals surface area contributed by atoms with Crippen molar-refractivity contribution < 1.29 is 24.4 Å². The molecule has 1 aromatic heterocycles. The van der Waals surface area contributed by atoms with Crippen molar-refractivity contribution in [2.24, 2.45) is 0 Å². The summed E-state index contributed by atoms with van der Waals surface area (Å²) >= 11 is 0. The molecule has 1 atom stereocenters. The quantitative estimate of drug-likeness (QED) is 0.569. The summed E-state index contributed by atoms with van der Waals surface area (Å²) in [4.78, 5) is 12.1. The largest absolute Gasteiger partial charge is 0.592 e. The van der Waals surface area contributed by atoms with Gasteiger partial charge in [-0.2, -0.15) is 5.23 Å². The van der Waals surface area contributed by atoms with E-state index in [4.69, 9.17) is 9.15 Å². The molecule has 0 saturated carbocycles. The van der Waals surface area contributed by atoms with Crippen LogP contribution >= 0.6 is 0 Å². The molecule has 24 heavy (non-hydrogen) atoms. The first-order valence-corrected chi connectivity index (χ1v) is 7.22. The van der Waals surface area contributed by atoms with E-state index in [-0.39, 0.29) is 11.6 Å². The minimum absolute atomic E-state index is 0.125. The Hall–Kier alpha value is -2.93. The van der Waals surface area contributed by atoms with Crippen molar-refractivity contribution in [3.05, 3.63) is 71.6 Å². The van der Waals surface area contributed by atoms with Gasteiger partial charge < -0.3 is 14.4 Å². The summed E-state index contributed by atoms with van der Waals surface area (Å²) < 4.78 is 10.2. The number of esters is 1. The van der Waals surface area contributed by atoms with E-state index in [2.05, 4.69) is 0 Å². The van der Waals surface area contributed by atoms with Crippen molar-refractivity contribution in [1.82, 2.24) is 0 Å². The van der Waals surface area contributed by atoms with Gasteiger partial charge in [-0.15, -0.1) is 0 Å². The zero-order chi connectivity index (χ0) is 17.1. The molecule has 0 bridgehead atoms. The molecule has 1 unspecified atom stereocenters. The molecule has 6 heteroatoms. The molecule has 0 radical (unpaired) electrons. The highest BCUT2D eigenvalue weighted by Crippen LogP contribution is 2.41. The number of hydrogen-bond donors (Lipinski definition) is 2. The molecule has 6 nitrogen and oxygen atoms in total. The normalized spacial score (nSPS) is 12.0. The predicted molar refractivity (Wildman–Crippen MR) is 86.7 cm³/mol. The van der Waals surface area contributed by atoms with E-state index in [0.29, 0.717) is 22.3 Å². The summed E-state index contributed by atoms with van der Waals surface area (Å²) in [7, 11) is 1.22. The number of furan rings is 1. The number of quaternary nitrogens is 1. The Labute approximate surface area is 138 Å². The van der Waals surface area contributed by atoms with E-state index < -0.39 is 11.2 Å². The monoisotopic (exact) mass is 325 g/mol. The maximum atomic E-state index is 12.1. The highest BCUT2D eigenvalue weighted by Gasteiger charge is 2.31. The summed E-state index contributed by atoms with van der Waals surface area (Å²) in [5, 5.41) is 19.9. The molecule has 122 valence electrons. The number of methoxy groups -OCH3 is 1. The van der Waals surface area contributed by atoms with Crippen molar-refractivity contribution in [3.8, 4) is 22.3 Å². The second-order valence-corrected chi connectivity index (χ2v) is 5.04. The van der Waals surface area contributed by atoms with Crippen LogP contribution in [0, 0.1) is 5.21 Å². The molecular formula is C18H15NO5. The maximum absolute atomic E-state index is 12.1. The van der Waals surface area contributed by atoms with Crippen LogP contribution in [0.5, 0.6) is 0 Å². The number of rotatable bonds is 4. The number of ether oxygens (including phenoxy) is 1. The van der Waals surface area contributed by atoms with Gasteiger partial charge in [0.1, 0.15) is 0 Å². The summed E-state index contributed by atoms with van der Waals surface area (Å²) in [5.41, 5.74) is 2.08. The molecule has 2 N–H and O–H groups in total. The van der Waals surface area contributed by atoms with Gasteiger partial charge in [-0.05, 0) is 11.1 Å². The first-order valence-electron chi connectivity index (χ1n) is 7.22. The van der Waals surface area contributed by atoms with E-state index >= 15 is 0 Å². The number of benzene rings is 2. The van der Waals surface area contributed by atoms with Crippen LogP contribution in [0.3, 0.4) is 0 Å². The van der Waals surface area contributed by atoms with Gasteiger partial charge in [0.15, 0.2) is 0 Å². The number of carbonyl (C=O) groups is 1. The van der Waals surface area contributed by atoms with E-state index in [0.717, 1.165) is 0 Å². The Kier molecular flexibility index (Phi) is 4.43. The van der Waals surface area contributed by atoms with Crippen LogP contribution in [0.1, 0.15) is 10.6 Å². The second-order valence-electron chi connectivity index (χ2n) is 5.04. The summed E-state index contributed by atoms with van der Waals surface area (Å²) in [6, 6.07) is 18.0. The van der Waals surface area contributed by atoms with Gasteiger partial charge in [-0.1, -0.05) is 60.7 Å². The average Bonchev–Trinajstić information content (AvgIpc) is 3.03. The minimum Gasteiger partial charge on any atom is -0.592 e. The second kappa shape index (κ2) is 6.67. The van der Waals surface area contributed by atoms with Crippen LogP contribution < -0.4 is 5.23 Å². The topological polar surface area (TPSA) is 87.2 Å². The molecule has 3 rings (SSSR count). The summed E-state index contributed by atoms with van der Waals surface area (Å²) in [6.07, 6.45) is 0. The van der Waals surface area contributed by atoms with Crippen LogP contribution in [0.4, 0.5) is 5.88 Å². The third kappa shape index (κ3) is 2.81. The SMILES string of the molecule is COC(=O)c1oc([NH+]([O-])O)c(-c2ccccc2)c1-c1ccccc1. The molecule has 0 aliphatic carbocycles. The van der Waals surface area contributed by atoms with Gasteiger partial charge in [0.2, 0.25) is 5.76 Å². The fourth-order valence-electron chi connectivity index (χ4n) is 2.58. The first kappa shape index (κ1) is 15.9. The zero-order valence-corrected chi connectivity index (χ0v) is 12.9. The molecular weight excluding hydrogens is 310 g/mol. The zero-order valence-electron chi connectivity index (χ0n) is 12.9. The van der Waals surface area contributed by atoms with Gasteiger partial charge in [0.25, 0.3) is 0 Å². The van der Waals surface area contributed by atoms with Gasteiger partial charge >= 0.3 is 11.9 Å². The fraction of sp³-hybridized carbons (Fsp3) is 0.0556. The van der Waals surface area contributed by atoms with Crippen molar-refractivity contribution in [2.75, 3.05) is 7.11 Å². The highest BCUT2D eigenvalue weighted by atomic mass is 16.8. The molecule has 1 heterocycles. The maximum Gasteiger partial charge on any atom is 0.374 e. The Morgan fingerprint density at radius 2 is 1.50 bits per heavy atom. The van der Waals surface area contributed by atoms with Crippen molar-refractivity contribution >= 4 is 11.9 Å². The molecule has 0 saturated heterocycles. The number of hydrogen-bond acceptors (Lipinski definition) is 5. The van der Waals surface area contributed by atoms with Crippen LogP contribution in [0.25, 0.3) is 22.3 Å². The predicted octanol–water partition coefficient (Wildman–Crippen LogP) is 2.80. The average molecular weight is 325 g/mol. The Balaban J connectivity index is 2.36. The van der Waals surface area contributed by atoms with Gasteiger partial charge in [-0.3, -0.25) is 0 Å². The Morgan fingerprint density at radius 1 is 1.00 bits per heavy atom. The van der Waals surface area contributed by atoms with Crippen molar-refractivity contribution in [2.45, 2.75) is 0 Å². The highest BCUT2D eigenvalue weighted by molar-refractivity contribution is 6.02. The van der Waals surface area contributed by atoms with Crippen LogP contribution in [0.15, 0.2) is 65.1 Å². The van der Waals surface area contributed by atoms with Crippen LogP contribution in [-0.2, 0) is 4.74 Å². The van der Waals surface area contributed by atoms with Crippen LogP contribution in [0.2, 0.25) is 0 Å². The third-order valence-corrected chi connectivity index (χ3v) is 3.60. The summed E-state index contributed by atoms with van der Waals surface area (Å²) in [5.74, 6) is -1.14. The van der Waals surface area contributed by atoms with Crippen LogP contribution in [-0.4, -0.2) is 18.3 Å². The molecule has 0 amide bonds. The van der Waals surface area contributed by atoms with Gasteiger partial charge in [-0.25, -0.2) is 10.0 Å². The molecule has 3 aromatic rings. The van der Waals surface area contributed by atoms with E-state index in [1.807, 2.05) is 12.1 Å². The lowest BCUT2D eigenvalue weighted by Crippen LogP contribution is -2.99. The van der Waals surface area contributed by atoms with Crippen molar-refractivity contribution in [3.63, 3.8) is 0 Å². The molecule has 2 aromatic carbocycles.